The van der Waals surface area contributed by atoms with Crippen molar-refractivity contribution >= 4 is 33.2 Å². The number of hydrogen-bond acceptors (Lipinski definition) is 4. The number of pyridine rings is 1. The molecule has 49 heavy (non-hydrogen) atoms. The summed E-state index contributed by atoms with van der Waals surface area (Å²) in [4.78, 5) is 8.96. The van der Waals surface area contributed by atoms with Crippen molar-refractivity contribution in [3.63, 3.8) is 0 Å². The van der Waals surface area contributed by atoms with Gasteiger partial charge in [-0.15, -0.1) is 35.3 Å². The molecule has 9 rings (SSSR count). The first kappa shape index (κ1) is 26.7. The second kappa shape index (κ2) is 12.1. The number of fused-ring (bicyclic) bond motifs is 8. The molecular formula is C43H41N4OPt-3. The van der Waals surface area contributed by atoms with Crippen LogP contribution in [0, 0.1) is 42.5 Å². The Morgan fingerprint density at radius 3 is 2.35 bits per heavy atom. The van der Waals surface area contributed by atoms with Crippen LogP contribution in [0.25, 0.3) is 27.6 Å². The molecule has 4 unspecified atom stereocenters. The molecule has 6 atom stereocenters. The molecule has 2 bridgehead atoms. The van der Waals surface area contributed by atoms with Crippen LogP contribution in [0.2, 0.25) is 0 Å². The summed E-state index contributed by atoms with van der Waals surface area (Å²) in [6.45, 7) is 13.2. The molecule has 2 saturated carbocycles. The standard InChI is InChI=1S/C43H41N4O.Pt/c1-27-28(2)37-25-36(27)41-42(37)46(26-45(41)30-12-7-6-8-13-30)31-14-11-15-32(23-31)48-33-18-19-35-34-16-9-10-17-38(34)47(39(35)24-33)40-22-29(20-21-44-40)43(3,4)5;/h6-22,26-28,36-37,41-42H,25H2,1-5H3;/q-3;/t27?,28?,36?,37-,41?,42-;/m0./s1/i6D,7D,8D,12D,13D;. The summed E-state index contributed by atoms with van der Waals surface area (Å²) in [7, 11) is 0. The average molecular weight is 830 g/mol. The van der Waals surface area contributed by atoms with Crippen molar-refractivity contribution in [2.24, 2.45) is 23.7 Å². The van der Waals surface area contributed by atoms with Crippen LogP contribution in [0.1, 0.15) is 53.5 Å². The average Bonchev–Trinajstić information content (AvgIpc) is 3.88. The zero-order chi connectivity index (χ0) is 37.1. The minimum absolute atomic E-state index is 0. The largest absolute Gasteiger partial charge is 0.519 e. The number of aromatic nitrogens is 2. The molecule has 3 fully saturated rings. The smallest absolute Gasteiger partial charge is 0.135 e. The van der Waals surface area contributed by atoms with Gasteiger partial charge in [0.15, 0.2) is 0 Å². The van der Waals surface area contributed by atoms with E-state index in [2.05, 4.69) is 86.6 Å². The fourth-order valence-electron chi connectivity index (χ4n) is 8.71. The van der Waals surface area contributed by atoms with Gasteiger partial charge in [0, 0.05) is 62.0 Å². The number of nitrogens with zero attached hydrogens (tertiary/aromatic N) is 4. The molecule has 5 nitrogen and oxygen atoms in total. The van der Waals surface area contributed by atoms with E-state index in [9.17, 15) is 0 Å². The van der Waals surface area contributed by atoms with Crippen molar-refractivity contribution in [1.82, 2.24) is 9.55 Å². The van der Waals surface area contributed by atoms with E-state index < -0.39 is 0 Å². The molecule has 0 N–H and O–H groups in total. The van der Waals surface area contributed by atoms with E-state index in [4.69, 9.17) is 16.6 Å². The van der Waals surface area contributed by atoms with Gasteiger partial charge in [0.05, 0.1) is 6.85 Å². The van der Waals surface area contributed by atoms with E-state index in [1.165, 1.54) is 5.56 Å². The number of para-hydroxylation sites is 2. The molecule has 6 heteroatoms. The number of anilines is 2. The van der Waals surface area contributed by atoms with Gasteiger partial charge in [-0.25, -0.2) is 4.98 Å². The monoisotopic (exact) mass is 829 g/mol. The van der Waals surface area contributed by atoms with Crippen molar-refractivity contribution in [2.45, 2.75) is 58.5 Å². The SMILES string of the molecule is [2H]c1c([2H])c([2H])c(N2[CH-]N(c3[c-]c(Oc4[c-]c5c(cc4)c4ccccc4n5-c4cc(C(C)(C)C)ccn4)ccc3)[C@@H]3C2C2C[C@H]3C(C)C2C)c([2H])c1[2H].[Pt]. The molecule has 6 aromatic rings. The Bertz CT molecular complexity index is 2420. The Morgan fingerprint density at radius 2 is 1.57 bits per heavy atom. The second-order valence-corrected chi connectivity index (χ2v) is 14.8. The van der Waals surface area contributed by atoms with Crippen molar-refractivity contribution in [1.29, 1.82) is 0 Å². The topological polar surface area (TPSA) is 33.5 Å². The minimum Gasteiger partial charge on any atom is -0.519 e. The Labute approximate surface area is 311 Å². The van der Waals surface area contributed by atoms with E-state index in [0.29, 0.717) is 35.2 Å². The summed E-state index contributed by atoms with van der Waals surface area (Å²) in [6.07, 6.45) is 2.90. The van der Waals surface area contributed by atoms with Crippen molar-refractivity contribution in [3.8, 4) is 17.3 Å². The van der Waals surface area contributed by atoms with Crippen LogP contribution in [-0.2, 0) is 26.5 Å². The molecule has 0 amide bonds. The summed E-state index contributed by atoms with van der Waals surface area (Å²) in [5.74, 6) is 3.55. The number of benzene rings is 4. The Kier molecular flexibility index (Phi) is 6.58. The quantitative estimate of drug-likeness (QED) is 0.162. The maximum atomic E-state index is 8.82. The summed E-state index contributed by atoms with van der Waals surface area (Å²) in [5.41, 5.74) is 4.10. The molecule has 1 saturated heterocycles. The van der Waals surface area contributed by atoms with Crippen LogP contribution < -0.4 is 14.5 Å². The molecule has 0 radical (unpaired) electrons. The van der Waals surface area contributed by atoms with E-state index in [1.807, 2.05) is 54.2 Å². The van der Waals surface area contributed by atoms with Gasteiger partial charge in [0.25, 0.3) is 0 Å². The van der Waals surface area contributed by atoms with Crippen LogP contribution in [0.5, 0.6) is 11.5 Å². The first-order chi connectivity index (χ1) is 25.3. The maximum absolute atomic E-state index is 8.82. The predicted octanol–water partition coefficient (Wildman–Crippen LogP) is 9.97. The zero-order valence-corrected chi connectivity index (χ0v) is 30.5. The van der Waals surface area contributed by atoms with E-state index in [1.54, 1.807) is 0 Å². The third-order valence-electron chi connectivity index (χ3n) is 11.2. The summed E-state index contributed by atoms with van der Waals surface area (Å²) in [6, 6.07) is 28.1. The van der Waals surface area contributed by atoms with Gasteiger partial charge in [0.1, 0.15) is 5.82 Å². The van der Waals surface area contributed by atoms with E-state index >= 15 is 0 Å². The maximum Gasteiger partial charge on any atom is 0.135 e. The van der Waals surface area contributed by atoms with Crippen LogP contribution in [0.15, 0.2) is 103 Å². The summed E-state index contributed by atoms with van der Waals surface area (Å²) in [5, 5.41) is 2.16. The Morgan fingerprint density at radius 1 is 0.837 bits per heavy atom. The van der Waals surface area contributed by atoms with Crippen LogP contribution >= 0.6 is 0 Å². The Hall–Kier alpha value is -4.08. The third kappa shape index (κ3) is 5.19. The van der Waals surface area contributed by atoms with Gasteiger partial charge in [0.2, 0.25) is 0 Å². The van der Waals surface area contributed by atoms with Gasteiger partial charge in [-0.3, -0.25) is 0 Å². The molecule has 3 heterocycles. The number of ether oxygens (including phenoxy) is 1. The molecular weight excluding hydrogens is 784 g/mol. The summed E-state index contributed by atoms with van der Waals surface area (Å²) < 4.78 is 51.3. The second-order valence-electron chi connectivity index (χ2n) is 14.8. The third-order valence-corrected chi connectivity index (χ3v) is 11.2. The first-order valence-electron chi connectivity index (χ1n) is 19.4. The Balaban J connectivity index is 0.00000413. The van der Waals surface area contributed by atoms with E-state index in [0.717, 1.165) is 39.7 Å². The summed E-state index contributed by atoms with van der Waals surface area (Å²) >= 11 is 0. The van der Waals surface area contributed by atoms with Crippen LogP contribution in [0.3, 0.4) is 0 Å². The van der Waals surface area contributed by atoms with Crippen molar-refractivity contribution in [3.05, 3.63) is 128 Å². The van der Waals surface area contributed by atoms with Gasteiger partial charge in [-0.2, -0.15) is 24.9 Å². The molecule has 2 aliphatic carbocycles. The number of rotatable bonds is 5. The van der Waals surface area contributed by atoms with Gasteiger partial charge >= 0.3 is 0 Å². The molecule has 2 aromatic heterocycles. The zero-order valence-electron chi connectivity index (χ0n) is 33.2. The molecule has 0 spiro atoms. The van der Waals surface area contributed by atoms with Crippen molar-refractivity contribution in [2.75, 3.05) is 9.80 Å². The van der Waals surface area contributed by atoms with Gasteiger partial charge < -0.3 is 19.1 Å². The van der Waals surface area contributed by atoms with Gasteiger partial charge in [-0.05, 0) is 76.7 Å². The van der Waals surface area contributed by atoms with Gasteiger partial charge in [-0.1, -0.05) is 76.5 Å². The van der Waals surface area contributed by atoms with Crippen LogP contribution in [0.4, 0.5) is 11.4 Å². The van der Waals surface area contributed by atoms with Crippen LogP contribution in [-0.4, -0.2) is 21.6 Å². The first-order valence-corrected chi connectivity index (χ1v) is 16.9. The molecule has 4 aromatic carbocycles. The molecule has 3 aliphatic rings. The molecule has 1 aliphatic heterocycles. The predicted molar refractivity (Wildman–Crippen MR) is 195 cm³/mol. The van der Waals surface area contributed by atoms with E-state index in [-0.39, 0.29) is 74.5 Å². The molecule has 252 valence electrons. The van der Waals surface area contributed by atoms with Crippen molar-refractivity contribution < 1.29 is 32.7 Å². The fourth-order valence-corrected chi connectivity index (χ4v) is 8.71. The fraction of sp³-hybridized carbons (Fsp3) is 0.302. The normalized spacial score (nSPS) is 25.9. The number of hydrogen-bond donors (Lipinski definition) is 0. The minimum atomic E-state index is -0.380.